The first-order valence-electron chi connectivity index (χ1n) is 2.62. The molecular weight excluding hydrogens is 215 g/mol. The Kier molecular flexibility index (Phi) is 2.06. The summed E-state index contributed by atoms with van der Waals surface area (Å²) >= 11 is 8.92. The van der Waals surface area contributed by atoms with E-state index in [0.717, 1.165) is 4.47 Å². The number of rotatable bonds is 0. The second kappa shape index (κ2) is 2.68. The molecule has 4 heteroatoms. The van der Waals surface area contributed by atoms with E-state index in [1.807, 2.05) is 0 Å². The van der Waals surface area contributed by atoms with Crippen molar-refractivity contribution < 1.29 is 0 Å². The van der Waals surface area contributed by atoms with Crippen LogP contribution in [-0.2, 0) is 0 Å². The third kappa shape index (κ3) is 1.20. The molecule has 0 aliphatic rings. The van der Waals surface area contributed by atoms with Crippen LogP contribution in [0.4, 0.5) is 11.4 Å². The van der Waals surface area contributed by atoms with Crippen molar-refractivity contribution in [2.45, 2.75) is 0 Å². The summed E-state index contributed by atoms with van der Waals surface area (Å²) in [6, 6.07) is 3.46. The molecule has 0 unspecified atom stereocenters. The third-order valence-electron chi connectivity index (χ3n) is 1.16. The molecule has 0 aromatic heterocycles. The summed E-state index contributed by atoms with van der Waals surface area (Å²) in [5.74, 6) is 0. The van der Waals surface area contributed by atoms with E-state index in [1.54, 1.807) is 12.1 Å². The maximum Gasteiger partial charge on any atom is 0.0876 e. The molecule has 10 heavy (non-hydrogen) atoms. The Balaban J connectivity index is 3.34. The van der Waals surface area contributed by atoms with Gasteiger partial charge in [0.05, 0.1) is 16.4 Å². The van der Waals surface area contributed by atoms with Crippen LogP contribution in [0.5, 0.6) is 0 Å². The van der Waals surface area contributed by atoms with Crippen molar-refractivity contribution in [1.29, 1.82) is 0 Å². The fraction of sp³-hybridized carbons (Fsp3) is 0. The Hall–Kier alpha value is -0.410. The van der Waals surface area contributed by atoms with Crippen molar-refractivity contribution in [3.63, 3.8) is 0 Å². The molecule has 0 amide bonds. The molecule has 0 saturated carbocycles. The van der Waals surface area contributed by atoms with Crippen LogP contribution < -0.4 is 11.5 Å². The summed E-state index contributed by atoms with van der Waals surface area (Å²) in [5.41, 5.74) is 12.0. The van der Waals surface area contributed by atoms with Crippen molar-refractivity contribution in [3.8, 4) is 0 Å². The number of hydrogen-bond donors (Lipinski definition) is 2. The predicted octanol–water partition coefficient (Wildman–Crippen LogP) is 2.27. The molecule has 1 aromatic carbocycles. The monoisotopic (exact) mass is 220 g/mol. The molecule has 0 saturated heterocycles. The molecule has 0 radical (unpaired) electrons. The summed E-state index contributed by atoms with van der Waals surface area (Å²) < 4.78 is 0.770. The van der Waals surface area contributed by atoms with E-state index in [2.05, 4.69) is 15.9 Å². The lowest BCUT2D eigenvalue weighted by atomic mass is 10.3. The summed E-state index contributed by atoms with van der Waals surface area (Å²) in [4.78, 5) is 0. The van der Waals surface area contributed by atoms with Crippen molar-refractivity contribution in [2.24, 2.45) is 0 Å². The molecular formula is C6H6BrClN2. The minimum atomic E-state index is 0.411. The molecule has 0 aliphatic heterocycles. The van der Waals surface area contributed by atoms with Gasteiger partial charge in [-0.25, -0.2) is 0 Å². The zero-order valence-electron chi connectivity index (χ0n) is 5.07. The van der Waals surface area contributed by atoms with Gasteiger partial charge in [0, 0.05) is 4.47 Å². The Bertz CT molecular complexity index is 235. The average Bonchev–Trinajstić information content (AvgIpc) is 1.93. The number of anilines is 2. The largest absolute Gasteiger partial charge is 0.397 e. The topological polar surface area (TPSA) is 52.0 Å². The molecule has 0 bridgehead atoms. The molecule has 0 spiro atoms. The Morgan fingerprint density at radius 3 is 2.40 bits per heavy atom. The highest BCUT2D eigenvalue weighted by atomic mass is 79.9. The van der Waals surface area contributed by atoms with Crippen LogP contribution in [0.3, 0.4) is 0 Å². The van der Waals surface area contributed by atoms with Gasteiger partial charge < -0.3 is 11.5 Å². The zero-order valence-corrected chi connectivity index (χ0v) is 7.41. The Morgan fingerprint density at radius 1 is 1.30 bits per heavy atom. The molecule has 1 rings (SSSR count). The lowest BCUT2D eigenvalue weighted by Crippen LogP contribution is -1.92. The first-order chi connectivity index (χ1) is 4.63. The molecule has 0 atom stereocenters. The highest BCUT2D eigenvalue weighted by molar-refractivity contribution is 9.10. The summed E-state index contributed by atoms with van der Waals surface area (Å²) in [6.07, 6.45) is 0. The summed E-state index contributed by atoms with van der Waals surface area (Å²) in [6.45, 7) is 0. The van der Waals surface area contributed by atoms with Crippen LogP contribution in [-0.4, -0.2) is 0 Å². The molecule has 54 valence electrons. The summed E-state index contributed by atoms with van der Waals surface area (Å²) in [7, 11) is 0. The van der Waals surface area contributed by atoms with E-state index >= 15 is 0 Å². The number of halogens is 2. The maximum absolute atomic E-state index is 5.70. The minimum absolute atomic E-state index is 0.411. The van der Waals surface area contributed by atoms with Gasteiger partial charge in [-0.1, -0.05) is 11.6 Å². The second-order valence-electron chi connectivity index (χ2n) is 1.86. The average molecular weight is 221 g/mol. The van der Waals surface area contributed by atoms with E-state index in [9.17, 15) is 0 Å². The highest BCUT2D eigenvalue weighted by Gasteiger charge is 2.02. The molecule has 2 nitrogen and oxygen atoms in total. The Morgan fingerprint density at radius 2 is 1.90 bits per heavy atom. The van der Waals surface area contributed by atoms with Crippen LogP contribution in [0.1, 0.15) is 0 Å². The van der Waals surface area contributed by atoms with E-state index < -0.39 is 0 Å². The highest BCUT2D eigenvalue weighted by Crippen LogP contribution is 2.31. The first-order valence-corrected chi connectivity index (χ1v) is 3.79. The van der Waals surface area contributed by atoms with Crippen molar-refractivity contribution in [1.82, 2.24) is 0 Å². The van der Waals surface area contributed by atoms with Gasteiger partial charge in [0.1, 0.15) is 0 Å². The van der Waals surface area contributed by atoms with Gasteiger partial charge in [-0.2, -0.15) is 0 Å². The predicted molar refractivity (Wildman–Crippen MR) is 48.0 cm³/mol. The number of hydrogen-bond acceptors (Lipinski definition) is 2. The minimum Gasteiger partial charge on any atom is -0.397 e. The molecule has 0 fully saturated rings. The van der Waals surface area contributed by atoms with E-state index in [0.29, 0.717) is 16.4 Å². The standard InChI is InChI=1S/C6H6BrClN2/c7-3-1-2-4(9)5(8)6(3)10/h1-2H,9-10H2. The van der Waals surface area contributed by atoms with Gasteiger partial charge in [0.2, 0.25) is 0 Å². The van der Waals surface area contributed by atoms with Crippen molar-refractivity contribution in [2.75, 3.05) is 11.5 Å². The quantitative estimate of drug-likeness (QED) is 0.660. The van der Waals surface area contributed by atoms with E-state index in [-0.39, 0.29) is 0 Å². The fourth-order valence-electron chi connectivity index (χ4n) is 0.586. The molecule has 0 aliphatic carbocycles. The number of nitrogen functional groups attached to an aromatic ring is 2. The first kappa shape index (κ1) is 7.69. The van der Waals surface area contributed by atoms with Crippen LogP contribution in [0.15, 0.2) is 16.6 Å². The maximum atomic E-state index is 5.70. The van der Waals surface area contributed by atoms with Crippen LogP contribution >= 0.6 is 27.5 Å². The van der Waals surface area contributed by atoms with Gasteiger partial charge in [0.25, 0.3) is 0 Å². The number of benzene rings is 1. The molecule has 4 N–H and O–H groups in total. The van der Waals surface area contributed by atoms with E-state index in [1.165, 1.54) is 0 Å². The summed E-state index contributed by atoms with van der Waals surface area (Å²) in [5, 5.41) is 0.411. The van der Waals surface area contributed by atoms with Gasteiger partial charge in [-0.15, -0.1) is 0 Å². The SMILES string of the molecule is Nc1ccc(Br)c(N)c1Cl. The van der Waals surface area contributed by atoms with Gasteiger partial charge in [0.15, 0.2) is 0 Å². The lowest BCUT2D eigenvalue weighted by molar-refractivity contribution is 1.62. The normalized spacial score (nSPS) is 9.80. The molecule has 1 aromatic rings. The fourth-order valence-corrected chi connectivity index (χ4v) is 1.20. The second-order valence-corrected chi connectivity index (χ2v) is 3.10. The van der Waals surface area contributed by atoms with Gasteiger partial charge in [-0.3, -0.25) is 0 Å². The van der Waals surface area contributed by atoms with Gasteiger partial charge >= 0.3 is 0 Å². The third-order valence-corrected chi connectivity index (χ3v) is 2.27. The van der Waals surface area contributed by atoms with Gasteiger partial charge in [-0.05, 0) is 28.1 Å². The van der Waals surface area contributed by atoms with Crippen LogP contribution in [0.2, 0.25) is 5.02 Å². The molecule has 0 heterocycles. The van der Waals surface area contributed by atoms with Crippen molar-refractivity contribution in [3.05, 3.63) is 21.6 Å². The lowest BCUT2D eigenvalue weighted by Gasteiger charge is -2.02. The van der Waals surface area contributed by atoms with Crippen LogP contribution in [0, 0.1) is 0 Å². The van der Waals surface area contributed by atoms with Crippen molar-refractivity contribution >= 4 is 38.9 Å². The van der Waals surface area contributed by atoms with E-state index in [4.69, 9.17) is 23.1 Å². The zero-order chi connectivity index (χ0) is 7.72. The Labute approximate surface area is 72.3 Å². The smallest absolute Gasteiger partial charge is 0.0876 e. The number of nitrogens with two attached hydrogens (primary N) is 2. The van der Waals surface area contributed by atoms with Crippen LogP contribution in [0.25, 0.3) is 0 Å².